The molecule has 0 aliphatic carbocycles. The van der Waals surface area contributed by atoms with E-state index in [2.05, 4.69) is 10.5 Å². The first-order valence-corrected chi connectivity index (χ1v) is 11.1. The number of benzene rings is 3. The summed E-state index contributed by atoms with van der Waals surface area (Å²) in [5.74, 6) is -0.0355. The van der Waals surface area contributed by atoms with Crippen LogP contribution in [0.2, 0.25) is 0 Å². The van der Waals surface area contributed by atoms with Crippen LogP contribution in [0.4, 0.5) is 0 Å². The first-order chi connectivity index (χ1) is 16.9. The quantitative estimate of drug-likeness (QED) is 0.228. The molecule has 0 fully saturated rings. The number of rotatable bonds is 7. The minimum absolute atomic E-state index is 0.0469. The zero-order chi connectivity index (χ0) is 24.8. The van der Waals surface area contributed by atoms with E-state index >= 15 is 0 Å². The summed E-state index contributed by atoms with van der Waals surface area (Å²) < 4.78 is 10.5. The molecule has 1 amide bonds. The van der Waals surface area contributed by atoms with Crippen LogP contribution in [0.3, 0.4) is 0 Å². The van der Waals surface area contributed by atoms with Crippen LogP contribution in [0.15, 0.2) is 84.0 Å². The van der Waals surface area contributed by atoms with Gasteiger partial charge in [-0.15, -0.1) is 0 Å². The van der Waals surface area contributed by atoms with Crippen molar-refractivity contribution < 1.29 is 19.1 Å². The lowest BCUT2D eigenvalue weighted by Crippen LogP contribution is -2.18. The van der Waals surface area contributed by atoms with Gasteiger partial charge in [-0.3, -0.25) is 4.79 Å². The molecule has 0 aliphatic heterocycles. The molecule has 1 heterocycles. The first kappa shape index (κ1) is 23.6. The molecule has 0 bridgehead atoms. The average Bonchev–Trinajstić information content (AvgIpc) is 2.87. The van der Waals surface area contributed by atoms with Crippen LogP contribution in [0.5, 0.6) is 5.75 Å². The van der Waals surface area contributed by atoms with E-state index in [0.717, 1.165) is 22.3 Å². The van der Waals surface area contributed by atoms with Crippen LogP contribution in [0.1, 0.15) is 40.1 Å². The molecule has 0 unspecified atom stereocenters. The lowest BCUT2D eigenvalue weighted by atomic mass is 10.0. The highest BCUT2D eigenvalue weighted by Gasteiger charge is 2.14. The summed E-state index contributed by atoms with van der Waals surface area (Å²) in [6.07, 6.45) is 1.56. The van der Waals surface area contributed by atoms with Crippen LogP contribution >= 0.6 is 0 Å². The van der Waals surface area contributed by atoms with E-state index in [1.54, 1.807) is 30.3 Å². The summed E-state index contributed by atoms with van der Waals surface area (Å²) in [4.78, 5) is 29.4. The highest BCUT2D eigenvalue weighted by Crippen LogP contribution is 2.27. The van der Waals surface area contributed by atoms with Crippen molar-refractivity contribution in [2.24, 2.45) is 5.10 Å². The lowest BCUT2D eigenvalue weighted by molar-refractivity contribution is 0.0600. The Balaban J connectivity index is 1.60. The second kappa shape index (κ2) is 10.6. The van der Waals surface area contributed by atoms with E-state index in [-0.39, 0.29) is 12.0 Å². The van der Waals surface area contributed by atoms with E-state index in [4.69, 9.17) is 14.5 Å². The van der Waals surface area contributed by atoms with Gasteiger partial charge in [0.15, 0.2) is 0 Å². The first-order valence-electron chi connectivity index (χ1n) is 11.1. The van der Waals surface area contributed by atoms with Crippen molar-refractivity contribution in [2.75, 3.05) is 7.11 Å². The Bertz CT molecular complexity index is 1400. The van der Waals surface area contributed by atoms with Crippen molar-refractivity contribution in [1.29, 1.82) is 0 Å². The standard InChI is InChI=1S/C28H25N3O4/c1-18(2)35-22-8-6-7-21(15-22)26-16-24(23-9-4-5-10-25(23)30-26)27(32)31-29-17-19-11-13-20(14-12-19)28(33)34-3/h4-18H,1-3H3,(H,31,32). The Morgan fingerprint density at radius 2 is 1.74 bits per heavy atom. The predicted molar refractivity (Wildman–Crippen MR) is 136 cm³/mol. The number of pyridine rings is 1. The molecule has 0 radical (unpaired) electrons. The summed E-state index contributed by atoms with van der Waals surface area (Å²) >= 11 is 0. The molecule has 0 saturated heterocycles. The number of hydrogen-bond acceptors (Lipinski definition) is 6. The Morgan fingerprint density at radius 1 is 0.971 bits per heavy atom. The number of hydrogen-bond donors (Lipinski definition) is 1. The normalized spacial score (nSPS) is 11.1. The molecule has 176 valence electrons. The zero-order valence-corrected chi connectivity index (χ0v) is 19.7. The maximum absolute atomic E-state index is 13.1. The number of esters is 1. The van der Waals surface area contributed by atoms with E-state index in [1.165, 1.54) is 13.3 Å². The topological polar surface area (TPSA) is 89.9 Å². The highest BCUT2D eigenvalue weighted by atomic mass is 16.5. The minimum Gasteiger partial charge on any atom is -0.491 e. The molecular formula is C28H25N3O4. The van der Waals surface area contributed by atoms with Gasteiger partial charge in [0.1, 0.15) is 5.75 Å². The van der Waals surface area contributed by atoms with Crippen molar-refractivity contribution in [2.45, 2.75) is 20.0 Å². The molecule has 1 aromatic heterocycles. The number of carbonyl (C=O) groups excluding carboxylic acids is 2. The van der Waals surface area contributed by atoms with Crippen LogP contribution in [0.25, 0.3) is 22.2 Å². The van der Waals surface area contributed by atoms with Gasteiger partial charge in [-0.05, 0) is 55.8 Å². The largest absolute Gasteiger partial charge is 0.491 e. The predicted octanol–water partition coefficient (Wildman–Crippen LogP) is 5.24. The monoisotopic (exact) mass is 467 g/mol. The number of aromatic nitrogens is 1. The fourth-order valence-electron chi connectivity index (χ4n) is 3.56. The number of para-hydroxylation sites is 1. The molecule has 4 aromatic rings. The summed E-state index contributed by atoms with van der Waals surface area (Å²) in [6, 6.07) is 23.6. The summed E-state index contributed by atoms with van der Waals surface area (Å²) in [5.41, 5.74) is 6.41. The Morgan fingerprint density at radius 3 is 2.49 bits per heavy atom. The van der Waals surface area contributed by atoms with E-state index < -0.39 is 5.97 Å². The minimum atomic E-state index is -0.413. The van der Waals surface area contributed by atoms with Gasteiger partial charge in [-0.2, -0.15) is 5.10 Å². The molecular weight excluding hydrogens is 442 g/mol. The maximum atomic E-state index is 13.1. The van der Waals surface area contributed by atoms with Gasteiger partial charge >= 0.3 is 5.97 Å². The van der Waals surface area contributed by atoms with E-state index in [9.17, 15) is 9.59 Å². The van der Waals surface area contributed by atoms with Crippen molar-refractivity contribution in [3.63, 3.8) is 0 Å². The van der Waals surface area contributed by atoms with Crippen molar-refractivity contribution in [1.82, 2.24) is 10.4 Å². The Labute approximate surface area is 203 Å². The fraction of sp³-hybridized carbons (Fsp3) is 0.143. The van der Waals surface area contributed by atoms with Crippen LogP contribution in [0, 0.1) is 0 Å². The molecule has 7 heteroatoms. The molecule has 0 spiro atoms. The molecule has 0 atom stereocenters. The highest BCUT2D eigenvalue weighted by molar-refractivity contribution is 6.07. The maximum Gasteiger partial charge on any atom is 0.337 e. The lowest BCUT2D eigenvalue weighted by Gasteiger charge is -2.12. The van der Waals surface area contributed by atoms with Crippen molar-refractivity contribution in [3.05, 3.63) is 95.6 Å². The molecule has 1 N–H and O–H groups in total. The van der Waals surface area contributed by atoms with Gasteiger partial charge in [0.2, 0.25) is 0 Å². The third-order valence-corrected chi connectivity index (χ3v) is 5.17. The summed E-state index contributed by atoms with van der Waals surface area (Å²) in [7, 11) is 1.33. The number of nitrogens with zero attached hydrogens (tertiary/aromatic N) is 2. The number of amides is 1. The molecule has 7 nitrogen and oxygen atoms in total. The third-order valence-electron chi connectivity index (χ3n) is 5.17. The zero-order valence-electron chi connectivity index (χ0n) is 19.7. The van der Waals surface area contributed by atoms with Crippen LogP contribution in [-0.2, 0) is 4.74 Å². The van der Waals surface area contributed by atoms with E-state index in [0.29, 0.717) is 22.3 Å². The van der Waals surface area contributed by atoms with E-state index in [1.807, 2.05) is 62.4 Å². The summed E-state index contributed by atoms with van der Waals surface area (Å²) in [5, 5.41) is 4.81. The smallest absolute Gasteiger partial charge is 0.337 e. The van der Waals surface area contributed by atoms with Crippen LogP contribution in [-0.4, -0.2) is 36.3 Å². The SMILES string of the molecule is COC(=O)c1ccc(C=NNC(=O)c2cc(-c3cccc(OC(C)C)c3)nc3ccccc23)cc1. The number of ether oxygens (including phenoxy) is 2. The second-order valence-electron chi connectivity index (χ2n) is 8.08. The van der Waals surface area contributed by atoms with Crippen molar-refractivity contribution in [3.8, 4) is 17.0 Å². The van der Waals surface area contributed by atoms with Gasteiger partial charge in [-0.25, -0.2) is 15.2 Å². The summed E-state index contributed by atoms with van der Waals surface area (Å²) in [6.45, 7) is 3.94. The van der Waals surface area contributed by atoms with Gasteiger partial charge in [0.05, 0.1) is 41.8 Å². The number of nitrogens with one attached hydrogen (secondary N) is 1. The van der Waals surface area contributed by atoms with Crippen LogP contribution < -0.4 is 10.2 Å². The molecule has 0 saturated carbocycles. The van der Waals surface area contributed by atoms with Gasteiger partial charge in [-0.1, -0.05) is 42.5 Å². The van der Waals surface area contributed by atoms with Gasteiger partial charge in [0, 0.05) is 10.9 Å². The van der Waals surface area contributed by atoms with Gasteiger partial charge in [0.25, 0.3) is 5.91 Å². The number of fused-ring (bicyclic) bond motifs is 1. The number of methoxy groups -OCH3 is 1. The van der Waals surface area contributed by atoms with Crippen molar-refractivity contribution >= 4 is 29.0 Å². The second-order valence-corrected chi connectivity index (χ2v) is 8.08. The third kappa shape index (κ3) is 5.70. The Kier molecular flexibility index (Phi) is 7.16. The fourth-order valence-corrected chi connectivity index (χ4v) is 3.56. The molecule has 3 aromatic carbocycles. The number of carbonyl (C=O) groups is 2. The number of hydrazone groups is 1. The van der Waals surface area contributed by atoms with Gasteiger partial charge < -0.3 is 9.47 Å². The Hall–Kier alpha value is -4.52. The molecule has 4 rings (SSSR count). The molecule has 35 heavy (non-hydrogen) atoms. The average molecular weight is 468 g/mol. The molecule has 0 aliphatic rings.